The number of anilines is 1. The molecule has 2 atom stereocenters. The van der Waals surface area contributed by atoms with Crippen molar-refractivity contribution in [3.8, 4) is 0 Å². The van der Waals surface area contributed by atoms with E-state index in [1.165, 1.54) is 18.4 Å². The molecule has 2 aliphatic carbocycles. The molecule has 2 aliphatic rings. The third-order valence-corrected chi connectivity index (χ3v) is 6.17. The highest BCUT2D eigenvalue weighted by molar-refractivity contribution is 7.17. The number of esters is 1. The molecule has 1 aromatic heterocycles. The molecule has 1 saturated carbocycles. The molecule has 1 fully saturated rings. The predicted octanol–water partition coefficient (Wildman–Crippen LogP) is 2.85. The fourth-order valence-electron chi connectivity index (χ4n) is 3.76. The van der Waals surface area contributed by atoms with Gasteiger partial charge in [0.2, 0.25) is 5.91 Å². The summed E-state index contributed by atoms with van der Waals surface area (Å²) in [6, 6.07) is 0. The van der Waals surface area contributed by atoms with Gasteiger partial charge in [-0.15, -0.1) is 11.3 Å². The van der Waals surface area contributed by atoms with Gasteiger partial charge in [0.15, 0.2) is 0 Å². The number of amides is 1. The van der Waals surface area contributed by atoms with Crippen LogP contribution in [-0.4, -0.2) is 30.1 Å². The van der Waals surface area contributed by atoms with E-state index < -0.39 is 23.8 Å². The van der Waals surface area contributed by atoms with Crippen molar-refractivity contribution in [2.45, 2.75) is 44.9 Å². The summed E-state index contributed by atoms with van der Waals surface area (Å²) in [6.07, 6.45) is 5.51. The third kappa shape index (κ3) is 3.05. The van der Waals surface area contributed by atoms with E-state index in [-0.39, 0.29) is 5.91 Å². The zero-order chi connectivity index (χ0) is 17.3. The molecule has 130 valence electrons. The van der Waals surface area contributed by atoms with Gasteiger partial charge in [-0.25, -0.2) is 4.79 Å². The predicted molar refractivity (Wildman–Crippen MR) is 89.4 cm³/mol. The van der Waals surface area contributed by atoms with Crippen LogP contribution in [0.3, 0.4) is 0 Å². The van der Waals surface area contributed by atoms with Crippen molar-refractivity contribution in [3.05, 3.63) is 16.0 Å². The van der Waals surface area contributed by atoms with Crippen molar-refractivity contribution >= 4 is 34.2 Å². The van der Waals surface area contributed by atoms with Crippen LogP contribution in [0.1, 0.15) is 52.9 Å². The minimum Gasteiger partial charge on any atom is -0.481 e. The lowest BCUT2D eigenvalue weighted by molar-refractivity contribution is -0.147. The van der Waals surface area contributed by atoms with Crippen LogP contribution in [0.5, 0.6) is 0 Å². The van der Waals surface area contributed by atoms with Crippen molar-refractivity contribution in [1.82, 2.24) is 0 Å². The van der Waals surface area contributed by atoms with Crippen LogP contribution in [0.25, 0.3) is 0 Å². The maximum atomic E-state index is 12.7. The second-order valence-electron chi connectivity index (χ2n) is 6.38. The Hall–Kier alpha value is -1.89. The van der Waals surface area contributed by atoms with E-state index in [1.54, 1.807) is 0 Å². The Morgan fingerprint density at radius 1 is 1.12 bits per heavy atom. The highest BCUT2D eigenvalue weighted by atomic mass is 32.1. The summed E-state index contributed by atoms with van der Waals surface area (Å²) in [6.45, 7) is 0. The molecule has 3 rings (SSSR count). The van der Waals surface area contributed by atoms with Gasteiger partial charge in [-0.1, -0.05) is 12.8 Å². The minimum atomic E-state index is -0.920. The maximum Gasteiger partial charge on any atom is 0.341 e. The van der Waals surface area contributed by atoms with Crippen molar-refractivity contribution in [3.63, 3.8) is 0 Å². The Balaban J connectivity index is 1.84. The van der Waals surface area contributed by atoms with E-state index in [1.807, 2.05) is 0 Å². The number of hydrogen-bond donors (Lipinski definition) is 2. The number of rotatable bonds is 4. The number of methoxy groups -OCH3 is 1. The van der Waals surface area contributed by atoms with Gasteiger partial charge in [0.1, 0.15) is 5.00 Å². The molecule has 0 aliphatic heterocycles. The third-order valence-electron chi connectivity index (χ3n) is 4.97. The van der Waals surface area contributed by atoms with Crippen LogP contribution < -0.4 is 5.32 Å². The lowest BCUT2D eigenvalue weighted by Crippen LogP contribution is -2.36. The smallest absolute Gasteiger partial charge is 0.341 e. The average molecular weight is 351 g/mol. The van der Waals surface area contributed by atoms with Gasteiger partial charge < -0.3 is 15.2 Å². The van der Waals surface area contributed by atoms with Crippen LogP contribution >= 0.6 is 11.3 Å². The first-order valence-corrected chi connectivity index (χ1v) is 9.11. The number of carboxylic acids is 1. The standard InChI is InChI=1S/C17H21NO5S/c1-23-17(22)13-11-7-4-8-12(11)24-15(13)18-14(19)9-5-2-3-6-10(9)16(20)21/h9-10H,2-8H2,1H3,(H,18,19)(H,20,21)/t9-,10+/m1/s1. The molecular formula is C17H21NO5S. The number of hydrogen-bond acceptors (Lipinski definition) is 5. The topological polar surface area (TPSA) is 92.7 Å². The van der Waals surface area contributed by atoms with Gasteiger partial charge in [-0.2, -0.15) is 0 Å². The Kier molecular flexibility index (Phi) is 4.89. The molecule has 1 aromatic rings. The molecule has 1 amide bonds. The zero-order valence-corrected chi connectivity index (χ0v) is 14.4. The number of nitrogens with one attached hydrogen (secondary N) is 1. The fraction of sp³-hybridized carbons (Fsp3) is 0.588. The maximum absolute atomic E-state index is 12.7. The minimum absolute atomic E-state index is 0.299. The van der Waals surface area contributed by atoms with Gasteiger partial charge in [-0.05, 0) is 37.7 Å². The molecule has 0 saturated heterocycles. The van der Waals surface area contributed by atoms with Gasteiger partial charge in [0.05, 0.1) is 24.5 Å². The normalized spacial score (nSPS) is 22.7. The molecule has 7 heteroatoms. The van der Waals surface area contributed by atoms with Crippen LogP contribution in [0.4, 0.5) is 5.00 Å². The first-order valence-electron chi connectivity index (χ1n) is 8.29. The highest BCUT2D eigenvalue weighted by Crippen LogP contribution is 2.40. The Bertz CT molecular complexity index is 681. The number of fused-ring (bicyclic) bond motifs is 1. The van der Waals surface area contributed by atoms with Crippen LogP contribution in [0.15, 0.2) is 0 Å². The number of carbonyl (C=O) groups is 3. The Labute approximate surface area is 144 Å². The number of aliphatic carboxylic acids is 1. The molecule has 24 heavy (non-hydrogen) atoms. The Morgan fingerprint density at radius 2 is 1.83 bits per heavy atom. The largest absolute Gasteiger partial charge is 0.481 e. The quantitative estimate of drug-likeness (QED) is 0.814. The van der Waals surface area contributed by atoms with E-state index >= 15 is 0 Å². The number of carboxylic acid groups (broad SMARTS) is 1. The van der Waals surface area contributed by atoms with Crippen LogP contribution in [0.2, 0.25) is 0 Å². The van der Waals surface area contributed by atoms with E-state index in [9.17, 15) is 19.5 Å². The fourth-order valence-corrected chi connectivity index (χ4v) is 5.04. The Morgan fingerprint density at radius 3 is 2.50 bits per heavy atom. The van der Waals surface area contributed by atoms with Crippen molar-refractivity contribution < 1.29 is 24.2 Å². The van der Waals surface area contributed by atoms with Gasteiger partial charge in [0, 0.05) is 4.88 Å². The van der Waals surface area contributed by atoms with Crippen LogP contribution in [-0.2, 0) is 27.2 Å². The summed E-state index contributed by atoms with van der Waals surface area (Å²) >= 11 is 1.41. The lowest BCUT2D eigenvalue weighted by Gasteiger charge is -2.27. The van der Waals surface area contributed by atoms with E-state index in [0.717, 1.165) is 42.5 Å². The summed E-state index contributed by atoms with van der Waals surface area (Å²) in [5.41, 5.74) is 1.42. The SMILES string of the molecule is COC(=O)c1c(NC(=O)[C@@H]2CCCC[C@@H]2C(=O)O)sc2c1CCC2. The zero-order valence-electron chi connectivity index (χ0n) is 13.6. The molecular weight excluding hydrogens is 330 g/mol. The lowest BCUT2D eigenvalue weighted by atomic mass is 9.79. The summed E-state index contributed by atoms with van der Waals surface area (Å²) < 4.78 is 4.87. The molecule has 0 aromatic carbocycles. The molecule has 0 spiro atoms. The second-order valence-corrected chi connectivity index (χ2v) is 7.48. The monoisotopic (exact) mass is 351 g/mol. The van der Waals surface area contributed by atoms with Gasteiger partial charge >= 0.3 is 11.9 Å². The number of aryl methyl sites for hydroxylation is 1. The van der Waals surface area contributed by atoms with E-state index in [4.69, 9.17) is 4.74 Å². The molecule has 6 nitrogen and oxygen atoms in total. The molecule has 1 heterocycles. The summed E-state index contributed by atoms with van der Waals surface area (Å²) in [4.78, 5) is 37.3. The molecule has 0 bridgehead atoms. The highest BCUT2D eigenvalue weighted by Gasteiger charge is 2.37. The number of thiophene rings is 1. The number of ether oxygens (including phenoxy) is 1. The van der Waals surface area contributed by atoms with E-state index in [2.05, 4.69) is 5.32 Å². The second kappa shape index (κ2) is 6.93. The van der Waals surface area contributed by atoms with Gasteiger partial charge in [-0.3, -0.25) is 9.59 Å². The summed E-state index contributed by atoms with van der Waals surface area (Å²) in [5.74, 6) is -2.85. The summed E-state index contributed by atoms with van der Waals surface area (Å²) in [7, 11) is 1.33. The van der Waals surface area contributed by atoms with Crippen molar-refractivity contribution in [1.29, 1.82) is 0 Å². The molecule has 0 radical (unpaired) electrons. The molecule has 2 N–H and O–H groups in total. The molecule has 0 unspecified atom stereocenters. The number of carbonyl (C=O) groups excluding carboxylic acids is 2. The summed E-state index contributed by atoms with van der Waals surface area (Å²) in [5, 5.41) is 12.7. The first-order chi connectivity index (χ1) is 11.5. The van der Waals surface area contributed by atoms with Gasteiger partial charge in [0.25, 0.3) is 0 Å². The van der Waals surface area contributed by atoms with E-state index in [0.29, 0.717) is 23.4 Å². The van der Waals surface area contributed by atoms with Crippen molar-refractivity contribution in [2.24, 2.45) is 11.8 Å². The van der Waals surface area contributed by atoms with Crippen LogP contribution in [0, 0.1) is 11.8 Å². The first kappa shape index (κ1) is 17.0. The average Bonchev–Trinajstić information content (AvgIpc) is 3.14. The van der Waals surface area contributed by atoms with Crippen molar-refractivity contribution in [2.75, 3.05) is 12.4 Å².